The molecule has 1 atom stereocenters. The predicted molar refractivity (Wildman–Crippen MR) is 57.1 cm³/mol. The molecule has 72 valence electrons. The summed E-state index contributed by atoms with van der Waals surface area (Å²) in [7, 11) is 0. The topological polar surface area (TPSA) is 51.8 Å². The van der Waals surface area contributed by atoms with Gasteiger partial charge in [-0.15, -0.1) is 11.3 Å². The monoisotopic (exact) mass is 205 g/mol. The Morgan fingerprint density at radius 1 is 1.36 bits per heavy atom. The van der Waals surface area contributed by atoms with Gasteiger partial charge < -0.3 is 5.73 Å². The molecule has 0 spiro atoms. The first kappa shape index (κ1) is 9.30. The molecule has 0 aliphatic rings. The highest BCUT2D eigenvalue weighted by molar-refractivity contribution is 7.10. The molecule has 2 heterocycles. The maximum Gasteiger partial charge on any atom is 0.149 e. The minimum atomic E-state index is -0.207. The zero-order valence-electron chi connectivity index (χ0n) is 7.84. The third-order valence-corrected chi connectivity index (χ3v) is 2.85. The standard InChI is InChI=1S/C10H11N3S/c1-7-5-8(6-14-7)9(11)10-12-3-2-4-13-10/h2-6,9H,11H2,1H3. The summed E-state index contributed by atoms with van der Waals surface area (Å²) in [4.78, 5) is 9.52. The van der Waals surface area contributed by atoms with Crippen LogP contribution >= 0.6 is 11.3 Å². The summed E-state index contributed by atoms with van der Waals surface area (Å²) in [5.41, 5.74) is 7.09. The molecule has 3 nitrogen and oxygen atoms in total. The second kappa shape index (κ2) is 3.86. The van der Waals surface area contributed by atoms with Crippen LogP contribution in [0.3, 0.4) is 0 Å². The summed E-state index contributed by atoms with van der Waals surface area (Å²) >= 11 is 1.69. The summed E-state index contributed by atoms with van der Waals surface area (Å²) in [6.07, 6.45) is 3.42. The van der Waals surface area contributed by atoms with E-state index < -0.39 is 0 Å². The van der Waals surface area contributed by atoms with Crippen LogP contribution in [0.5, 0.6) is 0 Å². The number of aromatic nitrogens is 2. The Kier molecular flexibility index (Phi) is 2.56. The van der Waals surface area contributed by atoms with Crippen molar-refractivity contribution in [3.63, 3.8) is 0 Å². The van der Waals surface area contributed by atoms with E-state index in [1.807, 2.05) is 0 Å². The van der Waals surface area contributed by atoms with Crippen molar-refractivity contribution < 1.29 is 0 Å². The third-order valence-electron chi connectivity index (χ3n) is 1.97. The van der Waals surface area contributed by atoms with Crippen LogP contribution in [-0.2, 0) is 0 Å². The van der Waals surface area contributed by atoms with Gasteiger partial charge in [-0.1, -0.05) is 0 Å². The molecule has 0 fully saturated rings. The lowest BCUT2D eigenvalue weighted by atomic mass is 10.1. The molecule has 0 aliphatic carbocycles. The van der Waals surface area contributed by atoms with Gasteiger partial charge in [0.2, 0.25) is 0 Å². The Morgan fingerprint density at radius 2 is 2.07 bits per heavy atom. The quantitative estimate of drug-likeness (QED) is 0.814. The first-order chi connectivity index (χ1) is 6.77. The molecule has 2 aromatic heterocycles. The van der Waals surface area contributed by atoms with Gasteiger partial charge in [0.25, 0.3) is 0 Å². The van der Waals surface area contributed by atoms with Gasteiger partial charge >= 0.3 is 0 Å². The Balaban J connectivity index is 2.29. The van der Waals surface area contributed by atoms with Crippen molar-refractivity contribution in [1.82, 2.24) is 9.97 Å². The molecule has 0 amide bonds. The summed E-state index contributed by atoms with van der Waals surface area (Å²) in [6, 6.07) is 3.65. The Bertz CT molecular complexity index is 410. The third kappa shape index (κ3) is 1.81. The predicted octanol–water partition coefficient (Wildman–Crippen LogP) is 1.89. The summed E-state index contributed by atoms with van der Waals surface area (Å²) in [5, 5.41) is 2.05. The fourth-order valence-corrected chi connectivity index (χ4v) is 1.99. The lowest BCUT2D eigenvalue weighted by Gasteiger charge is -2.06. The van der Waals surface area contributed by atoms with Gasteiger partial charge in [-0.05, 0) is 30.0 Å². The summed E-state index contributed by atoms with van der Waals surface area (Å²) in [5.74, 6) is 0.672. The van der Waals surface area contributed by atoms with Crippen molar-refractivity contribution in [2.24, 2.45) is 5.73 Å². The smallest absolute Gasteiger partial charge is 0.149 e. The normalized spacial score (nSPS) is 12.7. The maximum atomic E-state index is 6.01. The van der Waals surface area contributed by atoms with Crippen LogP contribution < -0.4 is 5.73 Å². The average molecular weight is 205 g/mol. The van der Waals surface area contributed by atoms with E-state index >= 15 is 0 Å². The van der Waals surface area contributed by atoms with Crippen LogP contribution in [0.1, 0.15) is 22.3 Å². The van der Waals surface area contributed by atoms with Crippen molar-refractivity contribution >= 4 is 11.3 Å². The van der Waals surface area contributed by atoms with E-state index in [4.69, 9.17) is 5.73 Å². The van der Waals surface area contributed by atoms with Crippen LogP contribution in [0.25, 0.3) is 0 Å². The minimum absolute atomic E-state index is 0.207. The number of hydrogen-bond donors (Lipinski definition) is 1. The van der Waals surface area contributed by atoms with Crippen molar-refractivity contribution in [3.05, 3.63) is 46.2 Å². The van der Waals surface area contributed by atoms with E-state index in [-0.39, 0.29) is 6.04 Å². The first-order valence-corrected chi connectivity index (χ1v) is 5.23. The molecular weight excluding hydrogens is 194 g/mol. The largest absolute Gasteiger partial charge is 0.318 e. The molecule has 1 unspecified atom stereocenters. The number of rotatable bonds is 2. The number of nitrogens with zero attached hydrogens (tertiary/aromatic N) is 2. The SMILES string of the molecule is Cc1cc(C(N)c2ncccn2)cs1. The molecular formula is C10H11N3S. The fourth-order valence-electron chi connectivity index (χ4n) is 1.25. The zero-order valence-corrected chi connectivity index (χ0v) is 8.66. The van der Waals surface area contributed by atoms with E-state index in [2.05, 4.69) is 28.3 Å². The molecule has 0 saturated carbocycles. The molecule has 0 saturated heterocycles. The molecule has 14 heavy (non-hydrogen) atoms. The Hall–Kier alpha value is -1.26. The van der Waals surface area contributed by atoms with Crippen LogP contribution in [0.4, 0.5) is 0 Å². The highest BCUT2D eigenvalue weighted by atomic mass is 32.1. The van der Waals surface area contributed by atoms with Crippen molar-refractivity contribution in [3.8, 4) is 0 Å². The van der Waals surface area contributed by atoms with Crippen LogP contribution in [-0.4, -0.2) is 9.97 Å². The summed E-state index contributed by atoms with van der Waals surface area (Å²) < 4.78 is 0. The molecule has 0 bridgehead atoms. The van der Waals surface area contributed by atoms with Gasteiger partial charge in [0.15, 0.2) is 0 Å². The highest BCUT2D eigenvalue weighted by Gasteiger charge is 2.11. The van der Waals surface area contributed by atoms with E-state index in [9.17, 15) is 0 Å². The second-order valence-corrected chi connectivity index (χ2v) is 4.19. The van der Waals surface area contributed by atoms with Gasteiger partial charge in [0.1, 0.15) is 5.82 Å². The van der Waals surface area contributed by atoms with Gasteiger partial charge in [0, 0.05) is 17.3 Å². The van der Waals surface area contributed by atoms with Crippen molar-refractivity contribution in [1.29, 1.82) is 0 Å². The molecule has 0 aromatic carbocycles. The van der Waals surface area contributed by atoms with Crippen LogP contribution in [0.15, 0.2) is 29.9 Å². The lowest BCUT2D eigenvalue weighted by molar-refractivity contribution is 0.783. The molecule has 2 rings (SSSR count). The molecule has 0 aliphatic heterocycles. The number of hydrogen-bond acceptors (Lipinski definition) is 4. The lowest BCUT2D eigenvalue weighted by Crippen LogP contribution is -2.14. The van der Waals surface area contributed by atoms with E-state index in [1.165, 1.54) is 4.88 Å². The van der Waals surface area contributed by atoms with E-state index in [0.29, 0.717) is 5.82 Å². The number of thiophene rings is 1. The molecule has 0 radical (unpaired) electrons. The van der Waals surface area contributed by atoms with Gasteiger partial charge in [-0.2, -0.15) is 0 Å². The second-order valence-electron chi connectivity index (χ2n) is 3.08. The highest BCUT2D eigenvalue weighted by Crippen LogP contribution is 2.21. The van der Waals surface area contributed by atoms with Crippen LogP contribution in [0, 0.1) is 6.92 Å². The average Bonchev–Trinajstić information content (AvgIpc) is 2.65. The molecule has 2 aromatic rings. The van der Waals surface area contributed by atoms with Crippen molar-refractivity contribution in [2.45, 2.75) is 13.0 Å². The summed E-state index contributed by atoms with van der Waals surface area (Å²) in [6.45, 7) is 2.06. The number of aryl methyl sites for hydroxylation is 1. The number of nitrogens with two attached hydrogens (primary N) is 1. The van der Waals surface area contributed by atoms with Gasteiger partial charge in [-0.3, -0.25) is 0 Å². The minimum Gasteiger partial charge on any atom is -0.318 e. The van der Waals surface area contributed by atoms with Gasteiger partial charge in [0.05, 0.1) is 6.04 Å². The Morgan fingerprint density at radius 3 is 2.64 bits per heavy atom. The maximum absolute atomic E-state index is 6.01. The fraction of sp³-hybridized carbons (Fsp3) is 0.200. The van der Waals surface area contributed by atoms with Gasteiger partial charge in [-0.25, -0.2) is 9.97 Å². The molecule has 2 N–H and O–H groups in total. The first-order valence-electron chi connectivity index (χ1n) is 4.35. The van der Waals surface area contributed by atoms with E-state index in [0.717, 1.165) is 5.56 Å². The van der Waals surface area contributed by atoms with Crippen LogP contribution in [0.2, 0.25) is 0 Å². The van der Waals surface area contributed by atoms with Crippen molar-refractivity contribution in [2.75, 3.05) is 0 Å². The zero-order chi connectivity index (χ0) is 9.97. The molecule has 4 heteroatoms. The van der Waals surface area contributed by atoms with E-state index in [1.54, 1.807) is 29.8 Å². The Labute approximate surface area is 86.6 Å².